The Bertz CT molecular complexity index is 693. The lowest BCUT2D eigenvalue weighted by atomic mass is 10.1. The van der Waals surface area contributed by atoms with Crippen molar-refractivity contribution < 1.29 is 9.47 Å². The highest BCUT2D eigenvalue weighted by atomic mass is 35.5. The molecule has 0 atom stereocenters. The number of benzene rings is 2. The maximum atomic E-state index is 6.25. The van der Waals surface area contributed by atoms with Gasteiger partial charge in [0, 0.05) is 27.7 Å². The Labute approximate surface area is 172 Å². The summed E-state index contributed by atoms with van der Waals surface area (Å²) in [6.07, 6.45) is 0. The quantitative estimate of drug-likeness (QED) is 0.530. The fourth-order valence-electron chi connectivity index (χ4n) is 2.42. The Morgan fingerprint density at radius 1 is 1.04 bits per heavy atom. The average molecular weight is 419 g/mol. The van der Waals surface area contributed by atoms with Crippen molar-refractivity contribution in [2.24, 2.45) is 5.92 Å². The first-order chi connectivity index (χ1) is 12.0. The van der Waals surface area contributed by atoms with E-state index >= 15 is 0 Å². The third-order valence-electron chi connectivity index (χ3n) is 3.62. The molecule has 2 aromatic rings. The second-order valence-corrected chi connectivity index (χ2v) is 7.07. The Balaban J connectivity index is 0.00000338. The van der Waals surface area contributed by atoms with Gasteiger partial charge in [-0.1, -0.05) is 55.2 Å². The van der Waals surface area contributed by atoms with Crippen molar-refractivity contribution in [3.8, 4) is 11.5 Å². The van der Waals surface area contributed by atoms with E-state index in [1.165, 1.54) is 0 Å². The minimum Gasteiger partial charge on any atom is -0.490 e. The van der Waals surface area contributed by atoms with Crippen LogP contribution in [0.1, 0.15) is 31.9 Å². The zero-order valence-electron chi connectivity index (χ0n) is 15.4. The van der Waals surface area contributed by atoms with Crippen molar-refractivity contribution in [2.75, 3.05) is 13.2 Å². The average Bonchev–Trinajstić information content (AvgIpc) is 2.55. The van der Waals surface area contributed by atoms with Crippen molar-refractivity contribution in [1.29, 1.82) is 0 Å². The molecule has 6 heteroatoms. The van der Waals surface area contributed by atoms with Gasteiger partial charge >= 0.3 is 0 Å². The molecule has 0 bridgehead atoms. The number of halogens is 3. The van der Waals surface area contributed by atoms with Crippen molar-refractivity contribution in [3.05, 3.63) is 57.6 Å². The lowest BCUT2D eigenvalue weighted by Gasteiger charge is -2.17. The summed E-state index contributed by atoms with van der Waals surface area (Å²) < 4.78 is 11.8. The highest BCUT2D eigenvalue weighted by molar-refractivity contribution is 6.35. The largest absolute Gasteiger partial charge is 0.490 e. The fraction of sp³-hybridized carbons (Fsp3) is 0.400. The van der Waals surface area contributed by atoms with Crippen molar-refractivity contribution in [3.63, 3.8) is 0 Å². The monoisotopic (exact) mass is 417 g/mol. The standard InChI is InChI=1S/C20H25Cl2NO2.ClH/c1-4-24-19-7-5-6-15(12-23-11-14(2)3)20(19)25-13-16-8-9-17(21)10-18(16)22;/h5-10,14,23H,4,11-13H2,1-3H3;1H. The Kier molecular flexibility index (Phi) is 10.2. The van der Waals surface area contributed by atoms with Crippen LogP contribution in [-0.4, -0.2) is 13.2 Å². The van der Waals surface area contributed by atoms with Gasteiger partial charge in [-0.25, -0.2) is 0 Å². The van der Waals surface area contributed by atoms with Gasteiger partial charge in [-0.15, -0.1) is 12.4 Å². The van der Waals surface area contributed by atoms with Crippen LogP contribution in [0.5, 0.6) is 11.5 Å². The molecule has 0 radical (unpaired) electrons. The molecule has 0 aromatic heterocycles. The number of hydrogen-bond acceptors (Lipinski definition) is 3. The van der Waals surface area contributed by atoms with Crippen LogP contribution >= 0.6 is 35.6 Å². The summed E-state index contributed by atoms with van der Waals surface area (Å²) in [5, 5.41) is 4.66. The molecule has 0 saturated heterocycles. The first-order valence-electron chi connectivity index (χ1n) is 8.53. The van der Waals surface area contributed by atoms with Gasteiger partial charge in [-0.3, -0.25) is 0 Å². The van der Waals surface area contributed by atoms with Crippen LogP contribution in [0.2, 0.25) is 10.0 Å². The molecule has 0 amide bonds. The number of ether oxygens (including phenoxy) is 2. The van der Waals surface area contributed by atoms with Crippen LogP contribution in [0.15, 0.2) is 36.4 Å². The minimum atomic E-state index is 0. The number of hydrogen-bond donors (Lipinski definition) is 1. The molecule has 0 spiro atoms. The highest BCUT2D eigenvalue weighted by Gasteiger charge is 2.12. The van der Waals surface area contributed by atoms with Gasteiger partial charge in [0.25, 0.3) is 0 Å². The minimum absolute atomic E-state index is 0. The van der Waals surface area contributed by atoms with Crippen molar-refractivity contribution in [1.82, 2.24) is 5.32 Å². The van der Waals surface area contributed by atoms with E-state index in [1.807, 2.05) is 31.2 Å². The SMILES string of the molecule is CCOc1cccc(CNCC(C)C)c1OCc1ccc(Cl)cc1Cl.Cl. The maximum Gasteiger partial charge on any atom is 0.166 e. The van der Waals surface area contributed by atoms with Crippen LogP contribution in [0.3, 0.4) is 0 Å². The van der Waals surface area contributed by atoms with Gasteiger partial charge in [0.05, 0.1) is 6.61 Å². The molecule has 0 aliphatic rings. The van der Waals surface area contributed by atoms with Gasteiger partial charge in [0.2, 0.25) is 0 Å². The normalized spacial score (nSPS) is 10.5. The van der Waals surface area contributed by atoms with E-state index in [9.17, 15) is 0 Å². The predicted octanol–water partition coefficient (Wildman–Crippen LogP) is 6.14. The summed E-state index contributed by atoms with van der Waals surface area (Å²) in [4.78, 5) is 0. The van der Waals surface area contributed by atoms with Crippen LogP contribution < -0.4 is 14.8 Å². The fourth-order valence-corrected chi connectivity index (χ4v) is 2.88. The first kappa shape index (κ1) is 22.9. The van der Waals surface area contributed by atoms with E-state index in [2.05, 4.69) is 25.2 Å². The molecule has 0 heterocycles. The summed E-state index contributed by atoms with van der Waals surface area (Å²) >= 11 is 12.2. The van der Waals surface area contributed by atoms with Crippen molar-refractivity contribution >= 4 is 35.6 Å². The molecular formula is C20H26Cl3NO2. The maximum absolute atomic E-state index is 6.25. The molecule has 3 nitrogen and oxygen atoms in total. The van der Waals surface area contributed by atoms with Gasteiger partial charge in [0.15, 0.2) is 11.5 Å². The molecule has 0 aliphatic heterocycles. The molecule has 26 heavy (non-hydrogen) atoms. The van der Waals surface area contributed by atoms with E-state index < -0.39 is 0 Å². The van der Waals surface area contributed by atoms with E-state index in [4.69, 9.17) is 32.7 Å². The number of para-hydroxylation sites is 1. The highest BCUT2D eigenvalue weighted by Crippen LogP contribution is 2.33. The Hall–Kier alpha value is -1.13. The van der Waals surface area contributed by atoms with Gasteiger partial charge in [-0.05, 0) is 37.6 Å². The molecule has 0 saturated carbocycles. The van der Waals surface area contributed by atoms with E-state index in [1.54, 1.807) is 6.07 Å². The predicted molar refractivity (Wildman–Crippen MR) is 112 cm³/mol. The van der Waals surface area contributed by atoms with Gasteiger partial charge < -0.3 is 14.8 Å². The molecule has 1 N–H and O–H groups in total. The molecule has 0 aliphatic carbocycles. The third-order valence-corrected chi connectivity index (χ3v) is 4.20. The molecule has 144 valence electrons. The Morgan fingerprint density at radius 3 is 2.46 bits per heavy atom. The summed E-state index contributed by atoms with van der Waals surface area (Å²) in [5.74, 6) is 2.09. The van der Waals surface area contributed by atoms with E-state index in [0.29, 0.717) is 29.2 Å². The second kappa shape index (κ2) is 11.6. The number of rotatable bonds is 9. The summed E-state index contributed by atoms with van der Waals surface area (Å²) in [6, 6.07) is 11.4. The van der Waals surface area contributed by atoms with Gasteiger partial charge in [0.1, 0.15) is 6.61 Å². The summed E-state index contributed by atoms with van der Waals surface area (Å²) in [7, 11) is 0. The van der Waals surface area contributed by atoms with Crippen LogP contribution in [-0.2, 0) is 13.2 Å². The van der Waals surface area contributed by atoms with E-state index in [0.717, 1.165) is 35.7 Å². The van der Waals surface area contributed by atoms with Crippen LogP contribution in [0.4, 0.5) is 0 Å². The third kappa shape index (κ3) is 6.88. The zero-order valence-corrected chi connectivity index (χ0v) is 17.7. The second-order valence-electron chi connectivity index (χ2n) is 6.23. The van der Waals surface area contributed by atoms with Gasteiger partial charge in [-0.2, -0.15) is 0 Å². The van der Waals surface area contributed by atoms with E-state index in [-0.39, 0.29) is 12.4 Å². The lowest BCUT2D eigenvalue weighted by Crippen LogP contribution is -2.19. The van der Waals surface area contributed by atoms with Crippen LogP contribution in [0, 0.1) is 5.92 Å². The first-order valence-corrected chi connectivity index (χ1v) is 9.29. The molecule has 2 rings (SSSR count). The molecule has 2 aromatic carbocycles. The number of nitrogens with one attached hydrogen (secondary N) is 1. The molecular weight excluding hydrogens is 393 g/mol. The lowest BCUT2D eigenvalue weighted by molar-refractivity contribution is 0.266. The van der Waals surface area contributed by atoms with Crippen molar-refractivity contribution in [2.45, 2.75) is 33.9 Å². The zero-order chi connectivity index (χ0) is 18.2. The summed E-state index contributed by atoms with van der Waals surface area (Å²) in [6.45, 7) is 8.94. The molecule has 0 unspecified atom stereocenters. The topological polar surface area (TPSA) is 30.5 Å². The van der Waals surface area contributed by atoms with Crippen LogP contribution in [0.25, 0.3) is 0 Å². The smallest absolute Gasteiger partial charge is 0.166 e. The molecule has 0 fully saturated rings. The summed E-state index contributed by atoms with van der Waals surface area (Å²) in [5.41, 5.74) is 1.95. The Morgan fingerprint density at radius 2 is 1.81 bits per heavy atom.